The number of aliphatic carboxylic acids is 3. The third-order valence-electron chi connectivity index (χ3n) is 5.24. The fraction of sp³-hybridized carbons (Fsp3) is 0.875. The fourth-order valence-corrected chi connectivity index (χ4v) is 2.86. The Bertz CT molecular complexity index is 375. The molecule has 0 rings (SSSR count). The molecule has 3 radical (unpaired) electrons. The van der Waals surface area contributed by atoms with E-state index in [9.17, 15) is 14.4 Å². The van der Waals surface area contributed by atoms with E-state index in [0.717, 1.165) is 77.0 Å². The van der Waals surface area contributed by atoms with Gasteiger partial charge in [0.15, 0.2) is 0 Å². The van der Waals surface area contributed by atoms with E-state index in [2.05, 4.69) is 20.8 Å². The first-order chi connectivity index (χ1) is 14.2. The molecule has 0 aliphatic rings. The van der Waals surface area contributed by atoms with Gasteiger partial charge in [-0.3, -0.25) is 14.4 Å². The number of hydrogen-bond donors (Lipinski definition) is 3. The molecule has 213 valence electrons. The molecule has 0 bridgehead atoms. The maximum absolute atomic E-state index is 10.4. The number of unbranched alkanes of at least 4 members (excludes halogenated alkanes) is 3. The molecule has 6 nitrogen and oxygen atoms in total. The number of carbonyl (C=O) groups is 3. The summed E-state index contributed by atoms with van der Waals surface area (Å²) in [4.78, 5) is 31.3. The van der Waals surface area contributed by atoms with Crippen LogP contribution in [0, 0.1) is 17.8 Å². The minimum absolute atomic E-state index is 0. The minimum Gasteiger partial charge on any atom is -0.481 e. The molecule has 0 aromatic rings. The summed E-state index contributed by atoms with van der Waals surface area (Å²) in [5.41, 5.74) is 0. The van der Waals surface area contributed by atoms with Crippen LogP contribution in [0.15, 0.2) is 0 Å². The molecule has 0 amide bonds. The summed E-state index contributed by atoms with van der Waals surface area (Å²) in [6.45, 7) is 12.0. The Morgan fingerprint density at radius 3 is 0.758 bits per heavy atom. The Balaban J connectivity index is -0.0000000792. The number of hydrogen-bond acceptors (Lipinski definition) is 3. The Morgan fingerprint density at radius 2 is 0.667 bits per heavy atom. The van der Waals surface area contributed by atoms with E-state index in [0.29, 0.717) is 0 Å². The Hall–Kier alpha value is 0.631. The van der Waals surface area contributed by atoms with Crippen LogP contribution in [0.1, 0.15) is 119 Å². The van der Waals surface area contributed by atoms with Gasteiger partial charge < -0.3 is 15.3 Å². The average Bonchev–Trinajstić information content (AvgIpc) is 2.70. The minimum atomic E-state index is -0.643. The third kappa shape index (κ3) is 32.6. The number of carboxylic acids is 3. The van der Waals surface area contributed by atoms with Gasteiger partial charge in [-0.15, -0.1) is 0 Å². The predicted octanol–water partition coefficient (Wildman–Crippen LogP) is 6.85. The summed E-state index contributed by atoms with van der Waals surface area (Å²) in [5, 5.41) is 25.8. The first-order valence-electron chi connectivity index (χ1n) is 11.8. The van der Waals surface area contributed by atoms with Crippen molar-refractivity contribution in [2.45, 2.75) is 119 Å². The molecule has 0 spiro atoms. The normalized spacial score (nSPS) is 11.8. The van der Waals surface area contributed by atoms with E-state index in [1.165, 1.54) is 0 Å². The Morgan fingerprint density at radius 1 is 0.485 bits per heavy atom. The summed E-state index contributed by atoms with van der Waals surface area (Å²) >= 11 is 0. The van der Waals surface area contributed by atoms with Crippen molar-refractivity contribution in [3.05, 3.63) is 0 Å². The van der Waals surface area contributed by atoms with Crippen molar-refractivity contribution in [1.82, 2.24) is 0 Å². The Kier molecular flexibility index (Phi) is 49.5. The second-order valence-electron chi connectivity index (χ2n) is 7.76. The topological polar surface area (TPSA) is 112 Å². The maximum atomic E-state index is 10.4. The molecule has 3 N–H and O–H groups in total. The molecule has 0 saturated heterocycles. The van der Waals surface area contributed by atoms with Crippen LogP contribution in [0.2, 0.25) is 0 Å². The van der Waals surface area contributed by atoms with Crippen LogP contribution in [0.3, 0.4) is 0 Å². The third-order valence-corrected chi connectivity index (χ3v) is 5.24. The Labute approximate surface area is 249 Å². The molecule has 0 aromatic heterocycles. The van der Waals surface area contributed by atoms with Gasteiger partial charge >= 0.3 is 17.9 Å². The van der Waals surface area contributed by atoms with Crippen LogP contribution in [0.4, 0.5) is 0 Å². The second kappa shape index (κ2) is 34.8. The SMILES string of the molecule is CCCCC(CC)C(=O)O.CCCCC(CC)C(=O)O.CCCCC(CC)C(=O)O.[Ag].[Ag].[Ag]. The molecule has 9 heteroatoms. The van der Waals surface area contributed by atoms with E-state index < -0.39 is 17.9 Å². The monoisotopic (exact) mass is 753 g/mol. The number of rotatable bonds is 15. The molecule has 33 heavy (non-hydrogen) atoms. The standard InChI is InChI=1S/3C8H16O2.3Ag/c3*1-3-5-6-7(4-2)8(9)10;;;/h3*7H,3-6H2,1-2H3,(H,9,10);;;. The van der Waals surface area contributed by atoms with Crippen molar-refractivity contribution >= 4 is 17.9 Å². The van der Waals surface area contributed by atoms with Crippen molar-refractivity contribution in [1.29, 1.82) is 0 Å². The zero-order valence-corrected chi connectivity index (χ0v) is 25.6. The van der Waals surface area contributed by atoms with Crippen LogP contribution in [0.25, 0.3) is 0 Å². The van der Waals surface area contributed by atoms with Crippen LogP contribution in [0.5, 0.6) is 0 Å². The quantitative estimate of drug-likeness (QED) is 0.158. The zero-order chi connectivity index (χ0) is 23.9. The van der Waals surface area contributed by atoms with Crippen LogP contribution in [-0.4, -0.2) is 33.2 Å². The molecular formula is C24H48Ag3O6. The summed E-state index contributed by atoms with van der Waals surface area (Å²) in [5.74, 6) is -2.26. The molecule has 3 unspecified atom stereocenters. The molecule has 0 aliphatic heterocycles. The molecule has 0 saturated carbocycles. The van der Waals surface area contributed by atoms with E-state index in [-0.39, 0.29) is 84.9 Å². The van der Waals surface area contributed by atoms with Gasteiger partial charge in [-0.25, -0.2) is 0 Å². The van der Waals surface area contributed by atoms with Crippen molar-refractivity contribution in [3.63, 3.8) is 0 Å². The van der Waals surface area contributed by atoms with Gasteiger partial charge in [0.2, 0.25) is 0 Å². The summed E-state index contributed by atoms with van der Waals surface area (Å²) in [6, 6.07) is 0. The van der Waals surface area contributed by atoms with E-state index in [1.807, 2.05) is 20.8 Å². The van der Waals surface area contributed by atoms with E-state index >= 15 is 0 Å². The summed E-state index contributed by atoms with van der Waals surface area (Å²) in [6.07, 6.45) is 11.1. The molecule has 0 aromatic carbocycles. The van der Waals surface area contributed by atoms with Crippen molar-refractivity contribution < 1.29 is 96.8 Å². The predicted molar refractivity (Wildman–Crippen MR) is 123 cm³/mol. The van der Waals surface area contributed by atoms with E-state index in [4.69, 9.17) is 15.3 Å². The average molecular weight is 756 g/mol. The first kappa shape index (κ1) is 46.9. The maximum Gasteiger partial charge on any atom is 0.306 e. The molecule has 0 heterocycles. The van der Waals surface area contributed by atoms with Gasteiger partial charge in [-0.05, 0) is 38.5 Å². The van der Waals surface area contributed by atoms with Crippen LogP contribution in [-0.2, 0) is 81.5 Å². The largest absolute Gasteiger partial charge is 0.481 e. The molecular weight excluding hydrogens is 708 g/mol. The van der Waals surface area contributed by atoms with Gasteiger partial charge in [-0.2, -0.15) is 0 Å². The van der Waals surface area contributed by atoms with Crippen molar-refractivity contribution in [3.8, 4) is 0 Å². The first-order valence-corrected chi connectivity index (χ1v) is 11.8. The van der Waals surface area contributed by atoms with E-state index in [1.54, 1.807) is 0 Å². The van der Waals surface area contributed by atoms with Crippen molar-refractivity contribution in [2.24, 2.45) is 17.8 Å². The summed E-state index contributed by atoms with van der Waals surface area (Å²) in [7, 11) is 0. The van der Waals surface area contributed by atoms with Gasteiger partial charge in [0.05, 0.1) is 17.8 Å². The summed E-state index contributed by atoms with van der Waals surface area (Å²) < 4.78 is 0. The number of carboxylic acid groups (broad SMARTS) is 3. The van der Waals surface area contributed by atoms with Gasteiger partial charge in [0, 0.05) is 67.1 Å². The van der Waals surface area contributed by atoms with Gasteiger partial charge in [-0.1, -0.05) is 80.1 Å². The molecule has 0 aliphatic carbocycles. The second-order valence-corrected chi connectivity index (χ2v) is 7.76. The zero-order valence-electron chi connectivity index (χ0n) is 21.2. The van der Waals surface area contributed by atoms with Gasteiger partial charge in [0.25, 0.3) is 0 Å². The van der Waals surface area contributed by atoms with Gasteiger partial charge in [0.1, 0.15) is 0 Å². The van der Waals surface area contributed by atoms with Crippen LogP contribution < -0.4 is 0 Å². The van der Waals surface area contributed by atoms with Crippen molar-refractivity contribution in [2.75, 3.05) is 0 Å². The fourth-order valence-electron chi connectivity index (χ4n) is 2.86. The molecule has 3 atom stereocenters. The van der Waals surface area contributed by atoms with Crippen LogP contribution >= 0.6 is 0 Å². The smallest absolute Gasteiger partial charge is 0.306 e. The molecule has 0 fully saturated rings.